The van der Waals surface area contributed by atoms with Crippen molar-refractivity contribution in [1.82, 2.24) is 5.32 Å². The van der Waals surface area contributed by atoms with E-state index in [-0.39, 0.29) is 10.8 Å². The van der Waals surface area contributed by atoms with Gasteiger partial charge in [0, 0.05) is 12.2 Å². The summed E-state index contributed by atoms with van der Waals surface area (Å²) in [6, 6.07) is 15.7. The van der Waals surface area contributed by atoms with Gasteiger partial charge in [0.05, 0.1) is 0 Å². The first-order valence-electron chi connectivity index (χ1n) is 12.0. The molecule has 31 heavy (non-hydrogen) atoms. The number of thiocarbonyl (C=S) groups is 1. The van der Waals surface area contributed by atoms with Gasteiger partial charge in [0.25, 0.3) is 0 Å². The topological polar surface area (TPSA) is 24.1 Å². The van der Waals surface area contributed by atoms with E-state index in [0.717, 1.165) is 17.3 Å². The molecule has 3 atom stereocenters. The molecule has 3 heteroatoms. The van der Waals surface area contributed by atoms with Gasteiger partial charge in [-0.05, 0) is 102 Å². The van der Waals surface area contributed by atoms with Gasteiger partial charge in [0.2, 0.25) is 0 Å². The van der Waals surface area contributed by atoms with Gasteiger partial charge >= 0.3 is 0 Å². The molecule has 2 N–H and O–H groups in total. The minimum Gasteiger partial charge on any atom is -0.362 e. The lowest BCUT2D eigenvalue weighted by Gasteiger charge is -2.55. The van der Waals surface area contributed by atoms with Crippen molar-refractivity contribution >= 4 is 23.0 Å². The maximum atomic E-state index is 5.65. The van der Waals surface area contributed by atoms with E-state index >= 15 is 0 Å². The largest absolute Gasteiger partial charge is 0.362 e. The predicted octanol–water partition coefficient (Wildman–Crippen LogP) is 7.12. The molecule has 0 aliphatic heterocycles. The van der Waals surface area contributed by atoms with Crippen LogP contribution in [0.25, 0.3) is 0 Å². The molecular formula is C28H38N2S. The minimum absolute atomic E-state index is 0.250. The third-order valence-electron chi connectivity index (χ3n) is 8.10. The van der Waals surface area contributed by atoms with Crippen molar-refractivity contribution in [2.24, 2.45) is 11.3 Å². The van der Waals surface area contributed by atoms with Crippen LogP contribution in [0.15, 0.2) is 42.5 Å². The highest BCUT2D eigenvalue weighted by atomic mass is 32.1. The maximum absolute atomic E-state index is 5.65. The molecular weight excluding hydrogens is 396 g/mol. The fourth-order valence-corrected chi connectivity index (χ4v) is 6.58. The van der Waals surface area contributed by atoms with E-state index in [1.165, 1.54) is 43.2 Å². The molecule has 1 saturated carbocycles. The van der Waals surface area contributed by atoms with E-state index in [9.17, 15) is 0 Å². The first-order valence-corrected chi connectivity index (χ1v) is 12.4. The third kappa shape index (κ3) is 4.39. The Kier molecular flexibility index (Phi) is 6.18. The monoisotopic (exact) mass is 434 g/mol. The smallest absolute Gasteiger partial charge is 0.170 e. The lowest BCUT2D eigenvalue weighted by atomic mass is 9.49. The fraction of sp³-hybridized carbons (Fsp3) is 0.536. The van der Waals surface area contributed by atoms with Crippen molar-refractivity contribution in [2.75, 3.05) is 11.9 Å². The van der Waals surface area contributed by atoms with Gasteiger partial charge in [0.1, 0.15) is 0 Å². The van der Waals surface area contributed by atoms with Gasteiger partial charge in [-0.3, -0.25) is 0 Å². The SMILES string of the molecule is Cc1cccc(NC(=S)NC[C@@]2(C)CCC[C@]3(C)c4ccc(C(C)C)cc4CC[C@H]23)c1. The zero-order valence-electron chi connectivity index (χ0n) is 19.8. The van der Waals surface area contributed by atoms with Gasteiger partial charge in [-0.1, -0.05) is 64.4 Å². The van der Waals surface area contributed by atoms with Crippen molar-refractivity contribution < 1.29 is 0 Å². The summed E-state index contributed by atoms with van der Waals surface area (Å²) in [5.41, 5.74) is 7.50. The summed E-state index contributed by atoms with van der Waals surface area (Å²) < 4.78 is 0. The highest BCUT2D eigenvalue weighted by Crippen LogP contribution is 2.57. The summed E-state index contributed by atoms with van der Waals surface area (Å²) in [6.45, 7) is 12.7. The van der Waals surface area contributed by atoms with E-state index in [0.29, 0.717) is 11.8 Å². The average molecular weight is 435 g/mol. The molecule has 2 aromatic rings. The number of hydrogen-bond acceptors (Lipinski definition) is 1. The third-order valence-corrected chi connectivity index (χ3v) is 8.34. The van der Waals surface area contributed by atoms with Crippen molar-refractivity contribution in [3.63, 3.8) is 0 Å². The lowest BCUT2D eigenvalue weighted by Crippen LogP contribution is -2.53. The summed E-state index contributed by atoms with van der Waals surface area (Å²) >= 11 is 5.65. The molecule has 2 aliphatic carbocycles. The predicted molar refractivity (Wildman–Crippen MR) is 137 cm³/mol. The lowest BCUT2D eigenvalue weighted by molar-refractivity contribution is 0.0294. The van der Waals surface area contributed by atoms with Crippen LogP contribution in [0.5, 0.6) is 0 Å². The Morgan fingerprint density at radius 3 is 2.68 bits per heavy atom. The second kappa shape index (κ2) is 8.58. The first kappa shape index (κ1) is 22.3. The summed E-state index contributed by atoms with van der Waals surface area (Å²) in [4.78, 5) is 0. The van der Waals surface area contributed by atoms with E-state index < -0.39 is 0 Å². The van der Waals surface area contributed by atoms with Gasteiger partial charge in [-0.2, -0.15) is 0 Å². The van der Waals surface area contributed by atoms with Crippen LogP contribution in [0.2, 0.25) is 0 Å². The van der Waals surface area contributed by atoms with Crippen LogP contribution in [0.1, 0.15) is 81.5 Å². The Hall–Kier alpha value is -1.87. The number of hydrogen-bond donors (Lipinski definition) is 2. The number of aryl methyl sites for hydroxylation is 2. The van der Waals surface area contributed by atoms with Crippen LogP contribution in [-0.4, -0.2) is 11.7 Å². The molecule has 2 aromatic carbocycles. The molecule has 0 heterocycles. The molecule has 0 unspecified atom stereocenters. The molecule has 0 aromatic heterocycles. The van der Waals surface area contributed by atoms with E-state index in [1.807, 2.05) is 0 Å². The molecule has 0 saturated heterocycles. The van der Waals surface area contributed by atoms with Crippen LogP contribution in [0, 0.1) is 18.3 Å². The maximum Gasteiger partial charge on any atom is 0.170 e. The van der Waals surface area contributed by atoms with Crippen LogP contribution in [0.4, 0.5) is 5.69 Å². The van der Waals surface area contributed by atoms with E-state index in [1.54, 1.807) is 11.1 Å². The van der Waals surface area contributed by atoms with Gasteiger partial charge < -0.3 is 10.6 Å². The zero-order chi connectivity index (χ0) is 22.2. The average Bonchev–Trinajstić information content (AvgIpc) is 2.72. The molecule has 0 bridgehead atoms. The summed E-state index contributed by atoms with van der Waals surface area (Å²) in [7, 11) is 0. The number of anilines is 1. The van der Waals surface area contributed by atoms with Crippen LogP contribution in [-0.2, 0) is 11.8 Å². The fourth-order valence-electron chi connectivity index (χ4n) is 6.39. The van der Waals surface area contributed by atoms with E-state index in [4.69, 9.17) is 12.2 Å². The van der Waals surface area contributed by atoms with Gasteiger partial charge in [-0.25, -0.2) is 0 Å². The highest BCUT2D eigenvalue weighted by molar-refractivity contribution is 7.80. The summed E-state index contributed by atoms with van der Waals surface area (Å²) in [5, 5.41) is 7.69. The van der Waals surface area contributed by atoms with E-state index in [2.05, 4.69) is 87.7 Å². The van der Waals surface area contributed by atoms with Crippen molar-refractivity contribution in [2.45, 2.75) is 78.1 Å². The standard InChI is InChI=1S/C28H38N2S/c1-19(2)21-10-12-24-22(17-21)11-13-25-27(4,14-7-15-28(24,25)5)18-29-26(31)30-23-9-6-8-20(3)16-23/h6,8-10,12,16-17,19,25H,7,11,13-15,18H2,1-5H3,(H2,29,30,31)/t25-,27-,28-/m1/s1. The van der Waals surface area contributed by atoms with Crippen molar-refractivity contribution in [1.29, 1.82) is 0 Å². The molecule has 1 fully saturated rings. The van der Waals surface area contributed by atoms with Crippen LogP contribution >= 0.6 is 12.2 Å². The molecule has 2 aliphatic rings. The molecule has 0 amide bonds. The molecule has 4 rings (SSSR count). The Morgan fingerprint density at radius 2 is 1.94 bits per heavy atom. The Morgan fingerprint density at radius 1 is 1.13 bits per heavy atom. The van der Waals surface area contributed by atoms with Crippen LogP contribution in [0.3, 0.4) is 0 Å². The quantitative estimate of drug-likeness (QED) is 0.501. The Balaban J connectivity index is 1.50. The second-order valence-electron chi connectivity index (χ2n) is 10.8. The number of nitrogens with one attached hydrogen (secondary N) is 2. The molecule has 2 nitrogen and oxygen atoms in total. The second-order valence-corrected chi connectivity index (χ2v) is 11.2. The number of fused-ring (bicyclic) bond motifs is 3. The summed E-state index contributed by atoms with van der Waals surface area (Å²) in [6.07, 6.45) is 6.34. The first-order chi connectivity index (χ1) is 14.7. The zero-order valence-corrected chi connectivity index (χ0v) is 20.7. The summed E-state index contributed by atoms with van der Waals surface area (Å²) in [5.74, 6) is 1.28. The van der Waals surface area contributed by atoms with Crippen LogP contribution < -0.4 is 10.6 Å². The minimum atomic E-state index is 0.250. The van der Waals surface area contributed by atoms with Crippen molar-refractivity contribution in [3.05, 3.63) is 64.7 Å². The number of rotatable bonds is 4. The van der Waals surface area contributed by atoms with Crippen molar-refractivity contribution in [3.8, 4) is 0 Å². The molecule has 0 spiro atoms. The highest BCUT2D eigenvalue weighted by Gasteiger charge is 2.51. The Bertz CT molecular complexity index is 965. The van der Waals surface area contributed by atoms with Gasteiger partial charge in [-0.15, -0.1) is 0 Å². The number of benzene rings is 2. The Labute approximate surface area is 194 Å². The molecule has 0 radical (unpaired) electrons. The molecule has 166 valence electrons. The van der Waals surface area contributed by atoms with Gasteiger partial charge in [0.15, 0.2) is 5.11 Å². The normalized spacial score (nSPS) is 27.4.